The number of hydrogen-bond acceptors (Lipinski definition) is 2. The molecule has 0 aromatic heterocycles. The van der Waals surface area contributed by atoms with Gasteiger partial charge in [-0.3, -0.25) is 4.79 Å². The molecule has 0 radical (unpaired) electrons. The van der Waals surface area contributed by atoms with Crippen LogP contribution in [-0.2, 0) is 17.8 Å². The predicted octanol–water partition coefficient (Wildman–Crippen LogP) is 2.47. The molecule has 0 saturated carbocycles. The fraction of sp³-hybridized carbons (Fsp3) is 0.125. The zero-order chi connectivity index (χ0) is 14.1. The van der Waals surface area contributed by atoms with Gasteiger partial charge in [-0.05, 0) is 23.3 Å². The minimum Gasteiger partial charge on any atom is -0.478 e. The van der Waals surface area contributed by atoms with Crippen LogP contribution in [0, 0.1) is 0 Å². The van der Waals surface area contributed by atoms with Crippen LogP contribution in [0.5, 0.6) is 0 Å². The van der Waals surface area contributed by atoms with E-state index in [9.17, 15) is 14.7 Å². The summed E-state index contributed by atoms with van der Waals surface area (Å²) < 4.78 is 0. The summed E-state index contributed by atoms with van der Waals surface area (Å²) in [5.74, 6) is -0.966. The van der Waals surface area contributed by atoms with Gasteiger partial charge in [-0.15, -0.1) is 0 Å². The van der Waals surface area contributed by atoms with Crippen molar-refractivity contribution in [2.24, 2.45) is 0 Å². The van der Waals surface area contributed by atoms with Gasteiger partial charge in [0.15, 0.2) is 0 Å². The minimum absolute atomic E-state index is 0.00592. The van der Waals surface area contributed by atoms with Crippen LogP contribution < -0.4 is 4.90 Å². The van der Waals surface area contributed by atoms with Crippen LogP contribution in [0.3, 0.4) is 0 Å². The topological polar surface area (TPSA) is 57.6 Å². The molecule has 2 aromatic carbocycles. The Morgan fingerprint density at radius 1 is 1.10 bits per heavy atom. The standard InChI is InChI=1S/C16H13NO3/c18-15-9-11-5-2-4-8-14(11)17(15)10-12-6-1-3-7-13(12)16(19)20/h1-8H,9-10H2,(H,19,20). The number of aromatic carboxylic acids is 1. The number of benzene rings is 2. The SMILES string of the molecule is O=C(O)c1ccccc1CN1C(=O)Cc2ccccc21. The number of nitrogens with zero attached hydrogens (tertiary/aromatic N) is 1. The quantitative estimate of drug-likeness (QED) is 0.929. The van der Waals surface area contributed by atoms with Crippen LogP contribution >= 0.6 is 0 Å². The number of carbonyl (C=O) groups excluding carboxylic acids is 1. The van der Waals surface area contributed by atoms with Crippen molar-refractivity contribution < 1.29 is 14.7 Å². The lowest BCUT2D eigenvalue weighted by molar-refractivity contribution is -0.117. The highest BCUT2D eigenvalue weighted by atomic mass is 16.4. The van der Waals surface area contributed by atoms with Crippen molar-refractivity contribution in [3.8, 4) is 0 Å². The molecule has 0 unspecified atom stereocenters. The fourth-order valence-corrected chi connectivity index (χ4v) is 2.53. The van der Waals surface area contributed by atoms with E-state index in [4.69, 9.17) is 0 Å². The number of rotatable bonds is 3. The molecule has 100 valence electrons. The fourth-order valence-electron chi connectivity index (χ4n) is 2.53. The molecule has 0 saturated heterocycles. The van der Waals surface area contributed by atoms with Crippen LogP contribution in [0.1, 0.15) is 21.5 Å². The Balaban J connectivity index is 1.96. The predicted molar refractivity (Wildman–Crippen MR) is 74.7 cm³/mol. The maximum Gasteiger partial charge on any atom is 0.336 e. The molecule has 0 aliphatic carbocycles. The number of fused-ring (bicyclic) bond motifs is 1. The number of carboxylic acids is 1. The van der Waals surface area contributed by atoms with E-state index in [0.717, 1.165) is 11.3 Å². The van der Waals surface area contributed by atoms with Gasteiger partial charge < -0.3 is 10.0 Å². The summed E-state index contributed by atoms with van der Waals surface area (Å²) in [4.78, 5) is 25.0. The highest BCUT2D eigenvalue weighted by molar-refractivity contribution is 6.01. The lowest BCUT2D eigenvalue weighted by Gasteiger charge is -2.18. The first kappa shape index (κ1) is 12.4. The third-order valence-electron chi connectivity index (χ3n) is 3.50. The molecular weight excluding hydrogens is 254 g/mol. The average molecular weight is 267 g/mol. The summed E-state index contributed by atoms with van der Waals surface area (Å²) in [6, 6.07) is 14.4. The zero-order valence-electron chi connectivity index (χ0n) is 10.7. The van der Waals surface area contributed by atoms with Gasteiger partial charge in [-0.1, -0.05) is 36.4 Å². The van der Waals surface area contributed by atoms with Crippen LogP contribution in [-0.4, -0.2) is 17.0 Å². The first-order chi connectivity index (χ1) is 9.66. The normalized spacial score (nSPS) is 13.4. The first-order valence-electron chi connectivity index (χ1n) is 6.36. The summed E-state index contributed by atoms with van der Waals surface area (Å²) >= 11 is 0. The highest BCUT2D eigenvalue weighted by Crippen LogP contribution is 2.30. The number of hydrogen-bond donors (Lipinski definition) is 1. The van der Waals surface area contributed by atoms with E-state index in [1.807, 2.05) is 24.3 Å². The molecule has 1 amide bonds. The first-order valence-corrected chi connectivity index (χ1v) is 6.36. The minimum atomic E-state index is -0.972. The van der Waals surface area contributed by atoms with Crippen molar-refractivity contribution in [3.63, 3.8) is 0 Å². The van der Waals surface area contributed by atoms with Gasteiger partial charge in [0.25, 0.3) is 0 Å². The second kappa shape index (κ2) is 4.81. The third kappa shape index (κ3) is 2.05. The van der Waals surface area contributed by atoms with Crippen molar-refractivity contribution in [1.82, 2.24) is 0 Å². The number of carboxylic acid groups (broad SMARTS) is 1. The molecule has 1 heterocycles. The summed E-state index contributed by atoms with van der Waals surface area (Å²) in [6.07, 6.45) is 0.380. The van der Waals surface area contributed by atoms with Crippen LogP contribution in [0.2, 0.25) is 0 Å². The van der Waals surface area contributed by atoms with Gasteiger partial charge in [-0.2, -0.15) is 0 Å². The third-order valence-corrected chi connectivity index (χ3v) is 3.50. The molecule has 20 heavy (non-hydrogen) atoms. The van der Waals surface area contributed by atoms with E-state index >= 15 is 0 Å². The van der Waals surface area contributed by atoms with Crippen molar-refractivity contribution in [1.29, 1.82) is 0 Å². The van der Waals surface area contributed by atoms with E-state index in [2.05, 4.69) is 0 Å². The number of carbonyl (C=O) groups is 2. The van der Waals surface area contributed by atoms with Crippen LogP contribution in [0.15, 0.2) is 48.5 Å². The molecule has 4 heteroatoms. The lowest BCUT2D eigenvalue weighted by atomic mass is 10.1. The largest absolute Gasteiger partial charge is 0.478 e. The molecule has 0 atom stereocenters. The molecule has 0 fully saturated rings. The van der Waals surface area contributed by atoms with Gasteiger partial charge in [0.1, 0.15) is 0 Å². The Morgan fingerprint density at radius 2 is 1.80 bits per heavy atom. The van der Waals surface area contributed by atoms with E-state index in [0.29, 0.717) is 12.0 Å². The second-order valence-electron chi connectivity index (χ2n) is 4.75. The molecule has 2 aromatic rings. The molecule has 3 rings (SSSR count). The van der Waals surface area contributed by atoms with Gasteiger partial charge in [0, 0.05) is 5.69 Å². The Bertz CT molecular complexity index is 694. The van der Waals surface area contributed by atoms with Crippen LogP contribution in [0.25, 0.3) is 0 Å². The summed E-state index contributed by atoms with van der Waals surface area (Å²) in [5, 5.41) is 9.20. The van der Waals surface area contributed by atoms with Gasteiger partial charge in [0.05, 0.1) is 18.5 Å². The molecule has 0 bridgehead atoms. The monoisotopic (exact) mass is 267 g/mol. The molecule has 1 N–H and O–H groups in total. The maximum absolute atomic E-state index is 12.1. The Kier molecular flexibility index (Phi) is 2.99. The second-order valence-corrected chi connectivity index (χ2v) is 4.75. The van der Waals surface area contributed by atoms with Crippen LogP contribution in [0.4, 0.5) is 5.69 Å². The Hall–Kier alpha value is -2.62. The zero-order valence-corrected chi connectivity index (χ0v) is 10.7. The van der Waals surface area contributed by atoms with Crippen molar-refractivity contribution in [3.05, 3.63) is 65.2 Å². The Morgan fingerprint density at radius 3 is 2.60 bits per heavy atom. The van der Waals surface area contributed by atoms with Gasteiger partial charge in [0.2, 0.25) is 5.91 Å². The molecular formula is C16H13NO3. The summed E-state index contributed by atoms with van der Waals surface area (Å²) in [7, 11) is 0. The molecule has 1 aliphatic rings. The van der Waals surface area contributed by atoms with E-state index in [-0.39, 0.29) is 18.0 Å². The maximum atomic E-state index is 12.1. The summed E-state index contributed by atoms with van der Waals surface area (Å²) in [5.41, 5.74) is 2.75. The molecule has 0 spiro atoms. The number of para-hydroxylation sites is 1. The molecule has 4 nitrogen and oxygen atoms in total. The number of anilines is 1. The Labute approximate surface area is 116 Å². The van der Waals surface area contributed by atoms with Crippen molar-refractivity contribution >= 4 is 17.6 Å². The smallest absolute Gasteiger partial charge is 0.336 e. The highest BCUT2D eigenvalue weighted by Gasteiger charge is 2.27. The number of amides is 1. The van der Waals surface area contributed by atoms with Crippen molar-refractivity contribution in [2.75, 3.05) is 4.90 Å². The molecule has 1 aliphatic heterocycles. The van der Waals surface area contributed by atoms with E-state index < -0.39 is 5.97 Å². The van der Waals surface area contributed by atoms with Gasteiger partial charge in [-0.25, -0.2) is 4.79 Å². The van der Waals surface area contributed by atoms with Gasteiger partial charge >= 0.3 is 5.97 Å². The average Bonchev–Trinajstić information content (AvgIpc) is 2.76. The van der Waals surface area contributed by atoms with E-state index in [1.165, 1.54) is 0 Å². The van der Waals surface area contributed by atoms with E-state index in [1.54, 1.807) is 29.2 Å². The lowest BCUT2D eigenvalue weighted by Crippen LogP contribution is -2.27. The van der Waals surface area contributed by atoms with Crippen molar-refractivity contribution in [2.45, 2.75) is 13.0 Å². The summed E-state index contributed by atoms with van der Waals surface area (Å²) in [6.45, 7) is 0.290.